The molecular formula is C21H23NO5. The van der Waals surface area contributed by atoms with Crippen LogP contribution in [0, 0.1) is 0 Å². The van der Waals surface area contributed by atoms with E-state index in [-0.39, 0.29) is 24.0 Å². The normalized spacial score (nSPS) is 19.3. The van der Waals surface area contributed by atoms with Gasteiger partial charge in [-0.1, -0.05) is 24.6 Å². The van der Waals surface area contributed by atoms with Gasteiger partial charge < -0.3 is 20.3 Å². The number of benzene rings is 2. The van der Waals surface area contributed by atoms with Crippen molar-refractivity contribution in [2.75, 3.05) is 5.32 Å². The van der Waals surface area contributed by atoms with E-state index < -0.39 is 12.1 Å². The second-order valence-electron chi connectivity index (χ2n) is 6.72. The molecule has 0 aromatic heterocycles. The maximum Gasteiger partial charge on any atom is 0.335 e. The third-order valence-corrected chi connectivity index (χ3v) is 4.69. The molecule has 0 spiro atoms. The summed E-state index contributed by atoms with van der Waals surface area (Å²) < 4.78 is 5.84. The summed E-state index contributed by atoms with van der Waals surface area (Å²) in [4.78, 5) is 23.5. The lowest BCUT2D eigenvalue weighted by Crippen LogP contribution is -2.34. The summed E-state index contributed by atoms with van der Waals surface area (Å²) in [5.41, 5.74) is 1.19. The number of aromatic carboxylic acids is 1. The van der Waals surface area contributed by atoms with E-state index in [0.29, 0.717) is 17.0 Å². The summed E-state index contributed by atoms with van der Waals surface area (Å²) in [6, 6.07) is 13.4. The van der Waals surface area contributed by atoms with Crippen molar-refractivity contribution >= 4 is 17.6 Å². The molecule has 2 atom stereocenters. The Balaban J connectivity index is 1.58. The molecule has 6 heteroatoms. The van der Waals surface area contributed by atoms with Gasteiger partial charge in [-0.3, -0.25) is 4.79 Å². The summed E-state index contributed by atoms with van der Waals surface area (Å²) in [6.07, 6.45) is 3.03. The van der Waals surface area contributed by atoms with Crippen molar-refractivity contribution < 1.29 is 24.5 Å². The monoisotopic (exact) mass is 369 g/mol. The Morgan fingerprint density at radius 1 is 1.04 bits per heavy atom. The molecule has 2 aromatic carbocycles. The number of hydrogen-bond acceptors (Lipinski definition) is 4. The van der Waals surface area contributed by atoms with Crippen LogP contribution < -0.4 is 10.1 Å². The van der Waals surface area contributed by atoms with Gasteiger partial charge in [-0.15, -0.1) is 0 Å². The zero-order valence-corrected chi connectivity index (χ0v) is 14.9. The first-order valence-corrected chi connectivity index (χ1v) is 9.09. The predicted octanol–water partition coefficient (Wildman–Crippen LogP) is 3.25. The Morgan fingerprint density at radius 3 is 2.44 bits per heavy atom. The molecule has 2 aromatic rings. The highest BCUT2D eigenvalue weighted by Crippen LogP contribution is 2.25. The number of carbonyl (C=O) groups excluding carboxylic acids is 1. The number of rotatable bonds is 6. The van der Waals surface area contributed by atoms with Crippen molar-refractivity contribution in [1.29, 1.82) is 0 Å². The Hall–Kier alpha value is -2.86. The first kappa shape index (κ1) is 18.9. The molecule has 0 bridgehead atoms. The average Bonchev–Trinajstić information content (AvgIpc) is 2.65. The highest BCUT2D eigenvalue weighted by molar-refractivity contribution is 5.96. The number of aliphatic hydroxyl groups is 1. The molecular weight excluding hydrogens is 346 g/mol. The molecule has 2 unspecified atom stereocenters. The molecule has 1 aliphatic rings. The van der Waals surface area contributed by atoms with Crippen LogP contribution in [0.4, 0.5) is 5.69 Å². The highest BCUT2D eigenvalue weighted by atomic mass is 16.5. The van der Waals surface area contributed by atoms with Gasteiger partial charge in [-0.25, -0.2) is 4.79 Å². The maximum atomic E-state index is 12.2. The Bertz CT molecular complexity index is 802. The van der Waals surface area contributed by atoms with Gasteiger partial charge in [0.05, 0.1) is 18.1 Å². The Morgan fingerprint density at radius 2 is 1.74 bits per heavy atom. The van der Waals surface area contributed by atoms with Crippen LogP contribution >= 0.6 is 0 Å². The lowest BCUT2D eigenvalue weighted by atomic mass is 9.95. The summed E-state index contributed by atoms with van der Waals surface area (Å²) in [5.74, 6) is -0.694. The van der Waals surface area contributed by atoms with Crippen molar-refractivity contribution in [2.45, 2.75) is 44.3 Å². The van der Waals surface area contributed by atoms with Crippen LogP contribution in [0.2, 0.25) is 0 Å². The van der Waals surface area contributed by atoms with Crippen LogP contribution in [0.15, 0.2) is 48.5 Å². The molecule has 3 N–H and O–H groups in total. The van der Waals surface area contributed by atoms with Crippen molar-refractivity contribution in [3.63, 3.8) is 0 Å². The minimum absolute atomic E-state index is 0.0189. The summed E-state index contributed by atoms with van der Waals surface area (Å²) >= 11 is 0. The third kappa shape index (κ3) is 5.08. The number of ether oxygens (including phenoxy) is 1. The lowest BCUT2D eigenvalue weighted by molar-refractivity contribution is -0.115. The number of aliphatic hydroxyl groups excluding tert-OH is 1. The second kappa shape index (κ2) is 8.68. The first-order chi connectivity index (χ1) is 13.0. The summed E-state index contributed by atoms with van der Waals surface area (Å²) in [6.45, 7) is 0. The first-order valence-electron chi connectivity index (χ1n) is 9.09. The van der Waals surface area contributed by atoms with E-state index in [1.54, 1.807) is 42.5 Å². The van der Waals surface area contributed by atoms with Gasteiger partial charge in [0.2, 0.25) is 5.91 Å². The molecule has 1 fully saturated rings. The molecule has 1 amide bonds. The van der Waals surface area contributed by atoms with E-state index in [1.165, 1.54) is 6.07 Å². The SMILES string of the molecule is O=C(Cc1ccccc1C(=O)O)Nc1ccc(OC2CCCCC2O)cc1. The third-order valence-electron chi connectivity index (χ3n) is 4.69. The minimum atomic E-state index is -1.05. The largest absolute Gasteiger partial charge is 0.488 e. The van der Waals surface area contributed by atoms with E-state index in [2.05, 4.69) is 5.32 Å². The predicted molar refractivity (Wildman–Crippen MR) is 101 cm³/mol. The van der Waals surface area contributed by atoms with Gasteiger partial charge in [0.15, 0.2) is 0 Å². The fourth-order valence-corrected chi connectivity index (χ4v) is 3.27. The van der Waals surface area contributed by atoms with E-state index in [0.717, 1.165) is 25.7 Å². The molecule has 142 valence electrons. The number of amides is 1. The van der Waals surface area contributed by atoms with Gasteiger partial charge in [-0.2, -0.15) is 0 Å². The summed E-state index contributed by atoms with van der Waals surface area (Å²) in [5, 5.41) is 21.9. The average molecular weight is 369 g/mol. The zero-order chi connectivity index (χ0) is 19.2. The number of carboxylic acid groups (broad SMARTS) is 1. The number of nitrogens with one attached hydrogen (secondary N) is 1. The van der Waals surface area contributed by atoms with Crippen molar-refractivity contribution in [3.05, 3.63) is 59.7 Å². The molecule has 0 aliphatic heterocycles. The van der Waals surface area contributed by atoms with Gasteiger partial charge in [0.1, 0.15) is 11.9 Å². The van der Waals surface area contributed by atoms with E-state index in [1.807, 2.05) is 0 Å². The summed E-state index contributed by atoms with van der Waals surface area (Å²) in [7, 11) is 0. The topological polar surface area (TPSA) is 95.9 Å². The molecule has 3 rings (SSSR count). The Labute approximate surface area is 157 Å². The fourth-order valence-electron chi connectivity index (χ4n) is 3.27. The number of anilines is 1. The number of carboxylic acids is 1. The van der Waals surface area contributed by atoms with Crippen molar-refractivity contribution in [1.82, 2.24) is 0 Å². The van der Waals surface area contributed by atoms with Gasteiger partial charge >= 0.3 is 5.97 Å². The van der Waals surface area contributed by atoms with Crippen LogP contribution in [0.25, 0.3) is 0 Å². The van der Waals surface area contributed by atoms with Gasteiger partial charge in [-0.05, 0) is 55.2 Å². The van der Waals surface area contributed by atoms with E-state index in [9.17, 15) is 19.8 Å². The molecule has 0 saturated heterocycles. The molecule has 0 radical (unpaired) electrons. The van der Waals surface area contributed by atoms with Crippen molar-refractivity contribution in [2.24, 2.45) is 0 Å². The standard InChI is InChI=1S/C21H23NO5/c23-18-7-3-4-8-19(18)27-16-11-9-15(10-12-16)22-20(24)13-14-5-1-2-6-17(14)21(25)26/h1-2,5-6,9-12,18-19,23H,3-4,7-8,13H2,(H,22,24)(H,25,26). The van der Waals surface area contributed by atoms with Gasteiger partial charge in [0, 0.05) is 5.69 Å². The van der Waals surface area contributed by atoms with Crippen LogP contribution in [-0.4, -0.2) is 34.3 Å². The van der Waals surface area contributed by atoms with Crippen molar-refractivity contribution in [3.8, 4) is 5.75 Å². The quantitative estimate of drug-likeness (QED) is 0.726. The smallest absolute Gasteiger partial charge is 0.335 e. The molecule has 6 nitrogen and oxygen atoms in total. The number of hydrogen-bond donors (Lipinski definition) is 3. The molecule has 1 aliphatic carbocycles. The van der Waals surface area contributed by atoms with E-state index in [4.69, 9.17) is 4.74 Å². The minimum Gasteiger partial charge on any atom is -0.488 e. The van der Waals surface area contributed by atoms with E-state index >= 15 is 0 Å². The highest BCUT2D eigenvalue weighted by Gasteiger charge is 2.24. The molecule has 27 heavy (non-hydrogen) atoms. The maximum absolute atomic E-state index is 12.2. The lowest BCUT2D eigenvalue weighted by Gasteiger charge is -2.28. The second-order valence-corrected chi connectivity index (χ2v) is 6.72. The van der Waals surface area contributed by atoms with Gasteiger partial charge in [0.25, 0.3) is 0 Å². The molecule has 1 saturated carbocycles. The zero-order valence-electron chi connectivity index (χ0n) is 14.9. The van der Waals surface area contributed by atoms with Crippen LogP contribution in [-0.2, 0) is 11.2 Å². The van der Waals surface area contributed by atoms with Crippen LogP contribution in [0.3, 0.4) is 0 Å². The molecule has 0 heterocycles. The van der Waals surface area contributed by atoms with Crippen LogP contribution in [0.5, 0.6) is 5.75 Å². The Kier molecular flexibility index (Phi) is 6.08. The van der Waals surface area contributed by atoms with Crippen LogP contribution in [0.1, 0.15) is 41.6 Å². The number of carbonyl (C=O) groups is 2. The fraction of sp³-hybridized carbons (Fsp3) is 0.333.